The molecule has 0 unspecified atom stereocenters. The Labute approximate surface area is 187 Å². The fourth-order valence-electron chi connectivity index (χ4n) is 2.32. The highest BCUT2D eigenvalue weighted by molar-refractivity contribution is 14.0. The summed E-state index contributed by atoms with van der Waals surface area (Å²) in [6.45, 7) is 3.64. The van der Waals surface area contributed by atoms with Crippen LogP contribution in [-0.4, -0.2) is 51.3 Å². The van der Waals surface area contributed by atoms with Crippen LogP contribution in [0.25, 0.3) is 0 Å². The van der Waals surface area contributed by atoms with Gasteiger partial charge in [0.25, 0.3) is 10.0 Å². The molecule has 0 aliphatic heterocycles. The van der Waals surface area contributed by atoms with E-state index in [0.29, 0.717) is 29.8 Å². The minimum absolute atomic E-state index is 0. The zero-order chi connectivity index (χ0) is 20.0. The van der Waals surface area contributed by atoms with Gasteiger partial charge in [-0.1, -0.05) is 12.1 Å². The number of hydrogen-bond donors (Lipinski definition) is 1. The van der Waals surface area contributed by atoms with E-state index in [9.17, 15) is 12.8 Å². The van der Waals surface area contributed by atoms with E-state index in [1.807, 2.05) is 18.9 Å². The number of nitrogens with zero attached hydrogens (tertiary/aromatic N) is 3. The van der Waals surface area contributed by atoms with Crippen LogP contribution in [0, 0.1) is 5.82 Å². The largest absolute Gasteiger partial charge is 0.357 e. The predicted octanol–water partition coefficient (Wildman–Crippen LogP) is 3.35. The highest BCUT2D eigenvalue weighted by atomic mass is 127. The lowest BCUT2D eigenvalue weighted by atomic mass is 10.2. The first-order chi connectivity index (χ1) is 12.7. The van der Waals surface area contributed by atoms with Gasteiger partial charge in [-0.25, -0.2) is 22.1 Å². The van der Waals surface area contributed by atoms with Gasteiger partial charge in [0.05, 0.1) is 6.54 Å². The van der Waals surface area contributed by atoms with Gasteiger partial charge in [-0.2, -0.15) is 0 Å². The second-order valence-corrected chi connectivity index (χ2v) is 9.71. The number of benzene rings is 1. The molecule has 0 aliphatic rings. The fraction of sp³-hybridized carbons (Fsp3) is 0.389. The molecule has 0 atom stereocenters. The van der Waals surface area contributed by atoms with Crippen molar-refractivity contribution in [3.8, 4) is 0 Å². The third-order valence-corrected chi connectivity index (χ3v) is 7.14. The topological polar surface area (TPSA) is 65.0 Å². The molecule has 6 nitrogen and oxygen atoms in total. The number of aliphatic imine (C=N–C) groups is 1. The molecule has 2 aromatic rings. The molecule has 1 aromatic carbocycles. The standard InChI is InChI=1S/C18H25FN4O2S2.HI/c1-5-20-18(23(4)13-14-6-8-15(19)9-7-14)21-12-16-10-11-17(26-16)27(24,25)22(2)3;/h6-11H,5,12-13H2,1-4H3,(H,20,21);1H. The Hall–Kier alpha value is -1.24. The average Bonchev–Trinajstić information content (AvgIpc) is 3.10. The molecule has 28 heavy (non-hydrogen) atoms. The summed E-state index contributed by atoms with van der Waals surface area (Å²) in [5.74, 6) is 0.440. The first kappa shape index (κ1) is 24.8. The molecule has 0 bridgehead atoms. The summed E-state index contributed by atoms with van der Waals surface area (Å²) in [4.78, 5) is 7.41. The molecule has 0 saturated heterocycles. The van der Waals surface area contributed by atoms with Gasteiger partial charge >= 0.3 is 0 Å². The molecule has 10 heteroatoms. The average molecular weight is 540 g/mol. The molecule has 156 valence electrons. The molecule has 0 radical (unpaired) electrons. The van der Waals surface area contributed by atoms with Crippen LogP contribution in [0.2, 0.25) is 0 Å². The highest BCUT2D eigenvalue weighted by Gasteiger charge is 2.19. The summed E-state index contributed by atoms with van der Waals surface area (Å²) in [6.07, 6.45) is 0. The van der Waals surface area contributed by atoms with Crippen molar-refractivity contribution in [2.75, 3.05) is 27.7 Å². The number of halogens is 2. The van der Waals surface area contributed by atoms with Gasteiger partial charge in [0.15, 0.2) is 5.96 Å². The quantitative estimate of drug-likeness (QED) is 0.333. The molecule has 1 heterocycles. The molecule has 0 aliphatic carbocycles. The Bertz CT molecular complexity index is 883. The van der Waals surface area contributed by atoms with Crippen molar-refractivity contribution in [3.05, 3.63) is 52.7 Å². The molecule has 1 N–H and O–H groups in total. The van der Waals surface area contributed by atoms with Crippen LogP contribution in [0.4, 0.5) is 4.39 Å². The van der Waals surface area contributed by atoms with E-state index in [1.165, 1.54) is 41.9 Å². The van der Waals surface area contributed by atoms with Crippen LogP contribution in [0.3, 0.4) is 0 Å². The van der Waals surface area contributed by atoms with Crippen LogP contribution in [0.15, 0.2) is 45.6 Å². The van der Waals surface area contributed by atoms with Crippen LogP contribution < -0.4 is 5.32 Å². The van der Waals surface area contributed by atoms with Gasteiger partial charge in [0, 0.05) is 39.1 Å². The van der Waals surface area contributed by atoms with E-state index < -0.39 is 10.0 Å². The monoisotopic (exact) mass is 540 g/mol. The van der Waals surface area contributed by atoms with Crippen LogP contribution in [0.1, 0.15) is 17.4 Å². The summed E-state index contributed by atoms with van der Waals surface area (Å²) >= 11 is 1.22. The fourth-order valence-corrected chi connectivity index (χ4v) is 4.77. The molecule has 1 aromatic heterocycles. The van der Waals surface area contributed by atoms with Crippen molar-refractivity contribution in [2.45, 2.75) is 24.2 Å². The van der Waals surface area contributed by atoms with Crippen molar-refractivity contribution < 1.29 is 12.8 Å². The smallest absolute Gasteiger partial charge is 0.252 e. The number of hydrogen-bond acceptors (Lipinski definition) is 4. The molecule has 0 fully saturated rings. The number of thiophene rings is 1. The van der Waals surface area contributed by atoms with Crippen molar-refractivity contribution in [3.63, 3.8) is 0 Å². The van der Waals surface area contributed by atoms with E-state index in [-0.39, 0.29) is 29.8 Å². The number of sulfonamides is 1. The Morgan fingerprint density at radius 1 is 1.14 bits per heavy atom. The third-order valence-electron chi connectivity index (χ3n) is 3.79. The normalized spacial score (nSPS) is 12.0. The molecule has 0 spiro atoms. The minimum Gasteiger partial charge on any atom is -0.357 e. The van der Waals surface area contributed by atoms with Gasteiger partial charge in [-0.05, 0) is 36.8 Å². The van der Waals surface area contributed by atoms with E-state index >= 15 is 0 Å². The second kappa shape index (κ2) is 11.1. The van der Waals surface area contributed by atoms with Gasteiger partial charge in [0.1, 0.15) is 10.0 Å². The number of nitrogens with one attached hydrogen (secondary N) is 1. The molecular weight excluding hydrogens is 514 g/mol. The third kappa shape index (κ3) is 6.68. The van der Waals surface area contributed by atoms with E-state index in [0.717, 1.165) is 10.4 Å². The van der Waals surface area contributed by atoms with Crippen LogP contribution >= 0.6 is 35.3 Å². The van der Waals surface area contributed by atoms with Gasteiger partial charge in [-0.15, -0.1) is 35.3 Å². The Balaban J connectivity index is 0.00000392. The summed E-state index contributed by atoms with van der Waals surface area (Å²) in [6, 6.07) is 9.76. The number of guanidine groups is 1. The summed E-state index contributed by atoms with van der Waals surface area (Å²) < 4.78 is 38.9. The second-order valence-electron chi connectivity index (χ2n) is 6.16. The minimum atomic E-state index is -3.42. The Kier molecular flexibility index (Phi) is 9.81. The first-order valence-corrected chi connectivity index (χ1v) is 10.7. The van der Waals surface area contributed by atoms with Crippen molar-refractivity contribution >= 4 is 51.3 Å². The number of rotatable bonds is 7. The van der Waals surface area contributed by atoms with Crippen molar-refractivity contribution in [1.82, 2.24) is 14.5 Å². The van der Waals surface area contributed by atoms with Crippen LogP contribution in [0.5, 0.6) is 0 Å². The maximum atomic E-state index is 13.1. The lowest BCUT2D eigenvalue weighted by Gasteiger charge is -2.22. The van der Waals surface area contributed by atoms with E-state index in [4.69, 9.17) is 0 Å². The lowest BCUT2D eigenvalue weighted by molar-refractivity contribution is 0.476. The van der Waals surface area contributed by atoms with Gasteiger partial charge in [-0.3, -0.25) is 0 Å². The van der Waals surface area contributed by atoms with Crippen molar-refractivity contribution in [2.24, 2.45) is 4.99 Å². The predicted molar refractivity (Wildman–Crippen MR) is 123 cm³/mol. The maximum Gasteiger partial charge on any atom is 0.252 e. The van der Waals surface area contributed by atoms with Crippen LogP contribution in [-0.2, 0) is 23.1 Å². The SMILES string of the molecule is CCNC(=NCc1ccc(S(=O)(=O)N(C)C)s1)N(C)Cc1ccc(F)cc1.I. The molecule has 0 saturated carbocycles. The van der Waals surface area contributed by atoms with Crippen molar-refractivity contribution in [1.29, 1.82) is 0 Å². The van der Waals surface area contributed by atoms with Gasteiger partial charge < -0.3 is 10.2 Å². The Morgan fingerprint density at radius 2 is 1.79 bits per heavy atom. The summed E-state index contributed by atoms with van der Waals surface area (Å²) in [5, 5.41) is 3.22. The zero-order valence-corrected chi connectivity index (χ0v) is 20.3. The zero-order valence-electron chi connectivity index (χ0n) is 16.3. The summed E-state index contributed by atoms with van der Waals surface area (Å²) in [5.41, 5.74) is 0.972. The summed E-state index contributed by atoms with van der Waals surface area (Å²) in [7, 11) is 1.51. The molecule has 0 amide bonds. The molecule has 2 rings (SSSR count). The first-order valence-electron chi connectivity index (χ1n) is 8.49. The van der Waals surface area contributed by atoms with E-state index in [2.05, 4.69) is 10.3 Å². The molecular formula is C18H26FIN4O2S2. The van der Waals surface area contributed by atoms with E-state index in [1.54, 1.807) is 24.3 Å². The maximum absolute atomic E-state index is 13.1. The van der Waals surface area contributed by atoms with Gasteiger partial charge in [0.2, 0.25) is 0 Å². The Morgan fingerprint density at radius 3 is 2.36 bits per heavy atom. The lowest BCUT2D eigenvalue weighted by Crippen LogP contribution is -2.38. The highest BCUT2D eigenvalue weighted by Crippen LogP contribution is 2.24.